The largest absolute Gasteiger partial charge is 0.483 e. The molecule has 1 fully saturated rings. The second kappa shape index (κ2) is 12.0. The summed E-state index contributed by atoms with van der Waals surface area (Å²) in [6.45, 7) is 0.517. The minimum absolute atomic E-state index is 0.0728. The number of oxime groups is 1. The van der Waals surface area contributed by atoms with E-state index in [1.54, 1.807) is 35.2 Å². The Labute approximate surface area is 255 Å². The molecule has 3 atom stereocenters. The molecule has 3 aliphatic rings. The molecule has 2 amide bonds. The van der Waals surface area contributed by atoms with Crippen LogP contribution in [0, 0.1) is 17.5 Å². The van der Waals surface area contributed by atoms with Gasteiger partial charge in [0.15, 0.2) is 17.0 Å². The summed E-state index contributed by atoms with van der Waals surface area (Å²) in [4.78, 5) is 49.0. The number of fused-ring (bicyclic) bond motifs is 5. The standard InChI is InChI=1S/C32H30F4N4O5/c1-18-7-9-32(10-8-21(13-33)38-45-32)26-16-39(18)31(43)27-29(44-17-19-5-3-2-4-6-19)28(41)23(15-40(26)27)30(42)37-14-22-24(35)11-20(34)12-25(22)36/h2-6,11-12,15,18,26H,7-10,13-14,16-17H2,1H3,(H,37,42)/t18-,26+,32-/m0/s1. The number of halogens is 4. The number of rotatable bonds is 7. The van der Waals surface area contributed by atoms with Crippen molar-refractivity contribution >= 4 is 17.5 Å². The van der Waals surface area contributed by atoms with Crippen LogP contribution in [0.25, 0.3) is 0 Å². The minimum Gasteiger partial charge on any atom is -0.483 e. The van der Waals surface area contributed by atoms with E-state index in [-0.39, 0.29) is 36.3 Å². The van der Waals surface area contributed by atoms with Crippen molar-refractivity contribution < 1.29 is 36.7 Å². The van der Waals surface area contributed by atoms with Crippen molar-refractivity contribution in [2.45, 2.75) is 63.4 Å². The van der Waals surface area contributed by atoms with Gasteiger partial charge in [0.2, 0.25) is 5.43 Å². The van der Waals surface area contributed by atoms with Crippen LogP contribution < -0.4 is 15.5 Å². The van der Waals surface area contributed by atoms with E-state index in [0.29, 0.717) is 43.4 Å². The van der Waals surface area contributed by atoms with Crippen LogP contribution in [0.3, 0.4) is 0 Å². The van der Waals surface area contributed by atoms with Crippen LogP contribution in [0.1, 0.15) is 70.6 Å². The summed E-state index contributed by atoms with van der Waals surface area (Å²) < 4.78 is 62.9. The number of hydrogen-bond donors (Lipinski definition) is 1. The first kappa shape index (κ1) is 30.4. The van der Waals surface area contributed by atoms with Crippen LogP contribution in [0.5, 0.6) is 5.75 Å². The van der Waals surface area contributed by atoms with E-state index in [1.165, 1.54) is 10.8 Å². The van der Waals surface area contributed by atoms with Gasteiger partial charge in [0.05, 0.1) is 11.8 Å². The Hall–Kier alpha value is -4.68. The third-order valence-electron chi connectivity index (χ3n) is 8.84. The van der Waals surface area contributed by atoms with Gasteiger partial charge in [0.25, 0.3) is 11.8 Å². The molecule has 0 saturated carbocycles. The fraction of sp³-hybridized carbons (Fsp3) is 0.375. The fourth-order valence-corrected chi connectivity index (χ4v) is 6.25. The zero-order valence-corrected chi connectivity index (χ0v) is 24.3. The Balaban J connectivity index is 1.46. The van der Waals surface area contributed by atoms with Crippen LogP contribution in [0.15, 0.2) is 58.6 Å². The summed E-state index contributed by atoms with van der Waals surface area (Å²) >= 11 is 0. The molecular weight excluding hydrogens is 596 g/mol. The van der Waals surface area contributed by atoms with Crippen LogP contribution in [0.4, 0.5) is 17.6 Å². The molecule has 2 bridgehead atoms. The number of carbonyl (C=O) groups is 2. The second-order valence-corrected chi connectivity index (χ2v) is 11.6. The topological polar surface area (TPSA) is 102 Å². The van der Waals surface area contributed by atoms with Crippen LogP contribution in [0.2, 0.25) is 0 Å². The van der Waals surface area contributed by atoms with Crippen molar-refractivity contribution in [1.29, 1.82) is 0 Å². The van der Waals surface area contributed by atoms with Gasteiger partial charge >= 0.3 is 0 Å². The normalized spacial score (nSPS) is 22.3. The lowest BCUT2D eigenvalue weighted by molar-refractivity contribution is -0.0999. The molecule has 0 radical (unpaired) electrons. The molecule has 1 aromatic heterocycles. The maximum absolute atomic E-state index is 14.3. The number of pyridine rings is 1. The molecule has 0 unspecified atom stereocenters. The van der Waals surface area contributed by atoms with Crippen LogP contribution >= 0.6 is 0 Å². The molecule has 0 aliphatic carbocycles. The lowest BCUT2D eigenvalue weighted by atomic mass is 9.82. The first-order valence-corrected chi connectivity index (χ1v) is 14.6. The van der Waals surface area contributed by atoms with E-state index < -0.39 is 70.7 Å². The van der Waals surface area contributed by atoms with Gasteiger partial charge in [-0.25, -0.2) is 17.6 Å². The number of benzene rings is 2. The predicted molar refractivity (Wildman–Crippen MR) is 154 cm³/mol. The van der Waals surface area contributed by atoms with Gasteiger partial charge in [-0.05, 0) is 38.2 Å². The van der Waals surface area contributed by atoms with Gasteiger partial charge in [-0.3, -0.25) is 14.4 Å². The molecule has 3 aromatic rings. The SMILES string of the molecule is C[C@H]1CC[C@]2(CCC(CF)=NO2)[C@H]2CN1C(=O)c1c(OCc3ccccc3)c(=O)c(C(=O)NCc3c(F)cc(F)cc3F)cn12. The van der Waals surface area contributed by atoms with E-state index in [1.807, 2.05) is 6.92 Å². The number of carbonyl (C=O) groups excluding carboxylic acids is 2. The Morgan fingerprint density at radius 3 is 2.53 bits per heavy atom. The fourth-order valence-electron chi connectivity index (χ4n) is 6.25. The van der Waals surface area contributed by atoms with Gasteiger partial charge in [0.1, 0.15) is 36.3 Å². The summed E-state index contributed by atoms with van der Waals surface area (Å²) in [5.74, 6) is -5.35. The van der Waals surface area contributed by atoms with E-state index >= 15 is 0 Å². The van der Waals surface area contributed by atoms with Crippen molar-refractivity contribution in [3.8, 4) is 5.75 Å². The number of amides is 2. The smallest absolute Gasteiger partial charge is 0.274 e. The van der Waals surface area contributed by atoms with Gasteiger partial charge in [-0.1, -0.05) is 35.5 Å². The van der Waals surface area contributed by atoms with Crippen molar-refractivity contribution in [3.63, 3.8) is 0 Å². The summed E-state index contributed by atoms with van der Waals surface area (Å²) in [7, 11) is 0. The molecule has 1 spiro atoms. The van der Waals surface area contributed by atoms with Crippen molar-refractivity contribution in [3.05, 3.63) is 98.7 Å². The summed E-state index contributed by atoms with van der Waals surface area (Å²) in [5, 5.41) is 6.38. The molecule has 4 heterocycles. The molecule has 6 rings (SSSR count). The lowest BCUT2D eigenvalue weighted by Gasteiger charge is -2.45. The van der Waals surface area contributed by atoms with Crippen molar-refractivity contribution in [2.24, 2.45) is 5.16 Å². The first-order chi connectivity index (χ1) is 21.6. The highest BCUT2D eigenvalue weighted by molar-refractivity contribution is 5.99. The van der Waals surface area contributed by atoms with Crippen molar-refractivity contribution in [2.75, 3.05) is 13.2 Å². The van der Waals surface area contributed by atoms with Gasteiger partial charge in [0, 0.05) is 43.0 Å². The van der Waals surface area contributed by atoms with E-state index in [2.05, 4.69) is 10.5 Å². The third-order valence-corrected chi connectivity index (χ3v) is 8.84. The first-order valence-electron chi connectivity index (χ1n) is 14.6. The number of aromatic nitrogens is 1. The monoisotopic (exact) mass is 626 g/mol. The van der Waals surface area contributed by atoms with E-state index in [9.17, 15) is 31.9 Å². The van der Waals surface area contributed by atoms with Crippen LogP contribution in [-0.4, -0.2) is 51.9 Å². The lowest BCUT2D eigenvalue weighted by Crippen LogP contribution is -2.53. The Morgan fingerprint density at radius 2 is 1.87 bits per heavy atom. The third kappa shape index (κ3) is 5.55. The number of nitrogens with zero attached hydrogens (tertiary/aromatic N) is 3. The highest BCUT2D eigenvalue weighted by atomic mass is 19.1. The summed E-state index contributed by atoms with van der Waals surface area (Å²) in [6, 6.07) is 9.00. The number of alkyl halides is 1. The Kier molecular flexibility index (Phi) is 8.10. The average Bonchev–Trinajstić information content (AvgIpc) is 3.14. The minimum atomic E-state index is -1.20. The highest BCUT2D eigenvalue weighted by Crippen LogP contribution is 2.46. The molecule has 1 saturated heterocycles. The number of ether oxygens (including phenoxy) is 1. The number of hydrogen-bond acceptors (Lipinski definition) is 6. The molecule has 3 aliphatic heterocycles. The van der Waals surface area contributed by atoms with E-state index in [4.69, 9.17) is 9.57 Å². The predicted octanol–water partition coefficient (Wildman–Crippen LogP) is 4.83. The number of nitrogens with one attached hydrogen (secondary N) is 1. The highest BCUT2D eigenvalue weighted by Gasteiger charge is 2.53. The molecule has 45 heavy (non-hydrogen) atoms. The quantitative estimate of drug-likeness (QED) is 0.379. The van der Waals surface area contributed by atoms with Crippen LogP contribution in [-0.2, 0) is 18.0 Å². The maximum Gasteiger partial charge on any atom is 0.274 e. The Bertz CT molecular complexity index is 1720. The zero-order chi connectivity index (χ0) is 31.9. The van der Waals surface area contributed by atoms with Gasteiger partial charge < -0.3 is 24.4 Å². The molecule has 13 heteroatoms. The molecule has 2 aromatic carbocycles. The molecular formula is C32H30F4N4O5. The van der Waals surface area contributed by atoms with Gasteiger partial charge in [-0.15, -0.1) is 0 Å². The molecule has 9 nitrogen and oxygen atoms in total. The summed E-state index contributed by atoms with van der Waals surface area (Å²) in [6.07, 6.45) is 2.94. The molecule has 236 valence electrons. The zero-order valence-electron chi connectivity index (χ0n) is 24.3. The van der Waals surface area contributed by atoms with Gasteiger partial charge in [-0.2, -0.15) is 0 Å². The maximum atomic E-state index is 14.3. The molecule has 1 N–H and O–H groups in total. The average molecular weight is 627 g/mol. The van der Waals surface area contributed by atoms with Crippen molar-refractivity contribution in [1.82, 2.24) is 14.8 Å². The summed E-state index contributed by atoms with van der Waals surface area (Å²) in [5.41, 5.74) is -2.04. The van der Waals surface area contributed by atoms with E-state index in [0.717, 1.165) is 0 Å². The second-order valence-electron chi connectivity index (χ2n) is 11.6. The Morgan fingerprint density at radius 1 is 1.13 bits per heavy atom.